The fourth-order valence-electron chi connectivity index (χ4n) is 1.52. The monoisotopic (exact) mass is 265 g/mol. The summed E-state index contributed by atoms with van der Waals surface area (Å²) in [5.41, 5.74) is 7.28. The quantitative estimate of drug-likeness (QED) is 0.918. The molecule has 18 heavy (non-hydrogen) atoms. The van der Waals surface area contributed by atoms with Gasteiger partial charge in [0.2, 0.25) is 0 Å². The number of hydrogen-bond acceptors (Lipinski definition) is 2. The molecule has 0 saturated heterocycles. The standard InChI is InChI=1S/C14H13ClFNO/c15-13-6-3-11(7-14(13)16)9-18-12-4-1-10(8-17)2-5-12/h1-7H,8-9,17H2. The molecule has 0 amide bonds. The molecular weight excluding hydrogens is 253 g/mol. The Hall–Kier alpha value is -1.58. The van der Waals surface area contributed by atoms with E-state index in [-0.39, 0.29) is 5.02 Å². The second-order valence-electron chi connectivity index (χ2n) is 3.89. The molecule has 0 fully saturated rings. The molecule has 2 rings (SSSR count). The zero-order valence-electron chi connectivity index (χ0n) is 9.70. The average Bonchev–Trinajstić information content (AvgIpc) is 2.41. The maximum absolute atomic E-state index is 13.2. The third-order valence-electron chi connectivity index (χ3n) is 2.55. The van der Waals surface area contributed by atoms with Crippen LogP contribution in [-0.2, 0) is 13.2 Å². The van der Waals surface area contributed by atoms with Crippen molar-refractivity contribution in [2.24, 2.45) is 5.73 Å². The minimum absolute atomic E-state index is 0.117. The summed E-state index contributed by atoms with van der Waals surface area (Å²) in [5, 5.41) is 0.117. The predicted octanol–water partition coefficient (Wildman–Crippen LogP) is 3.52. The smallest absolute Gasteiger partial charge is 0.142 e. The van der Waals surface area contributed by atoms with Crippen molar-refractivity contribution in [3.8, 4) is 5.75 Å². The fraction of sp³-hybridized carbons (Fsp3) is 0.143. The van der Waals surface area contributed by atoms with E-state index in [2.05, 4.69) is 0 Å². The third kappa shape index (κ3) is 3.22. The van der Waals surface area contributed by atoms with Crippen molar-refractivity contribution >= 4 is 11.6 Å². The van der Waals surface area contributed by atoms with Crippen LogP contribution in [0.25, 0.3) is 0 Å². The van der Waals surface area contributed by atoms with Gasteiger partial charge in [-0.05, 0) is 35.4 Å². The van der Waals surface area contributed by atoms with Crippen LogP contribution in [0.1, 0.15) is 11.1 Å². The molecule has 0 aliphatic rings. The van der Waals surface area contributed by atoms with Crippen molar-refractivity contribution in [1.82, 2.24) is 0 Å². The highest BCUT2D eigenvalue weighted by molar-refractivity contribution is 6.30. The molecule has 2 N–H and O–H groups in total. The summed E-state index contributed by atoms with van der Waals surface area (Å²) < 4.78 is 18.7. The number of ether oxygens (including phenoxy) is 1. The molecule has 0 saturated carbocycles. The van der Waals surface area contributed by atoms with Crippen LogP contribution in [0.15, 0.2) is 42.5 Å². The Morgan fingerprint density at radius 3 is 2.33 bits per heavy atom. The summed E-state index contributed by atoms with van der Waals surface area (Å²) in [6.07, 6.45) is 0. The van der Waals surface area contributed by atoms with E-state index in [1.165, 1.54) is 12.1 Å². The van der Waals surface area contributed by atoms with Gasteiger partial charge in [-0.2, -0.15) is 0 Å². The highest BCUT2D eigenvalue weighted by Crippen LogP contribution is 2.18. The number of hydrogen-bond donors (Lipinski definition) is 1. The van der Waals surface area contributed by atoms with Gasteiger partial charge in [0.15, 0.2) is 0 Å². The fourth-order valence-corrected chi connectivity index (χ4v) is 1.64. The van der Waals surface area contributed by atoms with Gasteiger partial charge in [-0.1, -0.05) is 29.8 Å². The lowest BCUT2D eigenvalue weighted by Gasteiger charge is -2.07. The molecule has 2 aromatic carbocycles. The van der Waals surface area contributed by atoms with Crippen molar-refractivity contribution < 1.29 is 9.13 Å². The van der Waals surface area contributed by atoms with Gasteiger partial charge in [0.05, 0.1) is 5.02 Å². The van der Waals surface area contributed by atoms with Crippen molar-refractivity contribution in [3.63, 3.8) is 0 Å². The molecule has 0 spiro atoms. The summed E-state index contributed by atoms with van der Waals surface area (Å²) >= 11 is 5.60. The van der Waals surface area contributed by atoms with Crippen LogP contribution >= 0.6 is 11.6 Å². The van der Waals surface area contributed by atoms with E-state index >= 15 is 0 Å². The Morgan fingerprint density at radius 1 is 1.06 bits per heavy atom. The summed E-state index contributed by atoms with van der Waals surface area (Å²) in [7, 11) is 0. The first kappa shape index (κ1) is 12.9. The van der Waals surface area contributed by atoms with Gasteiger partial charge in [0.1, 0.15) is 18.2 Å². The highest BCUT2D eigenvalue weighted by atomic mass is 35.5. The van der Waals surface area contributed by atoms with E-state index in [0.717, 1.165) is 16.9 Å². The van der Waals surface area contributed by atoms with Gasteiger partial charge < -0.3 is 10.5 Å². The van der Waals surface area contributed by atoms with Crippen molar-refractivity contribution in [2.45, 2.75) is 13.2 Å². The Bertz CT molecular complexity index is 528. The zero-order valence-corrected chi connectivity index (χ0v) is 10.5. The van der Waals surface area contributed by atoms with Crippen LogP contribution in [-0.4, -0.2) is 0 Å². The van der Waals surface area contributed by atoms with Gasteiger partial charge in [-0.15, -0.1) is 0 Å². The molecule has 0 unspecified atom stereocenters. The molecule has 0 aliphatic heterocycles. The number of nitrogens with two attached hydrogens (primary N) is 1. The molecule has 0 bridgehead atoms. The van der Waals surface area contributed by atoms with Gasteiger partial charge in [0, 0.05) is 6.54 Å². The SMILES string of the molecule is NCc1ccc(OCc2ccc(Cl)c(F)c2)cc1. The van der Waals surface area contributed by atoms with E-state index in [4.69, 9.17) is 22.1 Å². The first-order valence-electron chi connectivity index (χ1n) is 5.55. The normalized spacial score (nSPS) is 10.4. The highest BCUT2D eigenvalue weighted by Gasteiger charge is 2.02. The topological polar surface area (TPSA) is 35.2 Å². The van der Waals surface area contributed by atoms with Crippen molar-refractivity contribution in [2.75, 3.05) is 0 Å². The Kier molecular flexibility index (Phi) is 4.18. The van der Waals surface area contributed by atoms with Crippen LogP contribution in [0.2, 0.25) is 5.02 Å². The van der Waals surface area contributed by atoms with Crippen LogP contribution < -0.4 is 10.5 Å². The maximum Gasteiger partial charge on any atom is 0.142 e. The van der Waals surface area contributed by atoms with Gasteiger partial charge in [0.25, 0.3) is 0 Å². The van der Waals surface area contributed by atoms with Gasteiger partial charge >= 0.3 is 0 Å². The average molecular weight is 266 g/mol. The molecule has 0 aliphatic carbocycles. The summed E-state index contributed by atoms with van der Waals surface area (Å²) in [6.45, 7) is 0.804. The summed E-state index contributed by atoms with van der Waals surface area (Å²) in [6, 6.07) is 12.1. The Morgan fingerprint density at radius 2 is 1.72 bits per heavy atom. The molecule has 2 aromatic rings. The molecule has 4 heteroatoms. The molecule has 0 aromatic heterocycles. The second kappa shape index (κ2) is 5.85. The van der Waals surface area contributed by atoms with E-state index < -0.39 is 5.82 Å². The molecular formula is C14H13ClFNO. The van der Waals surface area contributed by atoms with E-state index in [1.54, 1.807) is 6.07 Å². The summed E-state index contributed by atoms with van der Waals surface area (Å²) in [4.78, 5) is 0. The van der Waals surface area contributed by atoms with Crippen molar-refractivity contribution in [1.29, 1.82) is 0 Å². The molecule has 2 nitrogen and oxygen atoms in total. The lowest BCUT2D eigenvalue weighted by Crippen LogP contribution is -1.98. The number of rotatable bonds is 4. The number of halogens is 2. The zero-order chi connectivity index (χ0) is 13.0. The largest absolute Gasteiger partial charge is 0.489 e. The first-order chi connectivity index (χ1) is 8.69. The minimum Gasteiger partial charge on any atom is -0.489 e. The van der Waals surface area contributed by atoms with E-state index in [1.807, 2.05) is 24.3 Å². The van der Waals surface area contributed by atoms with Crippen LogP contribution in [0, 0.1) is 5.82 Å². The van der Waals surface area contributed by atoms with Crippen LogP contribution in [0.5, 0.6) is 5.75 Å². The van der Waals surface area contributed by atoms with Gasteiger partial charge in [-0.3, -0.25) is 0 Å². The number of benzene rings is 2. The molecule has 94 valence electrons. The molecule has 0 heterocycles. The molecule has 0 radical (unpaired) electrons. The molecule has 0 atom stereocenters. The van der Waals surface area contributed by atoms with Gasteiger partial charge in [-0.25, -0.2) is 4.39 Å². The van der Waals surface area contributed by atoms with Crippen molar-refractivity contribution in [3.05, 3.63) is 64.4 Å². The minimum atomic E-state index is -0.434. The second-order valence-corrected chi connectivity index (χ2v) is 4.29. The summed E-state index contributed by atoms with van der Waals surface area (Å²) in [5.74, 6) is 0.291. The van der Waals surface area contributed by atoms with Crippen LogP contribution in [0.3, 0.4) is 0 Å². The predicted molar refractivity (Wildman–Crippen MR) is 70.1 cm³/mol. The maximum atomic E-state index is 13.2. The van der Waals surface area contributed by atoms with E-state index in [9.17, 15) is 4.39 Å². The van der Waals surface area contributed by atoms with Crippen LogP contribution in [0.4, 0.5) is 4.39 Å². The Balaban J connectivity index is 1.99. The lowest BCUT2D eigenvalue weighted by molar-refractivity contribution is 0.305. The third-order valence-corrected chi connectivity index (χ3v) is 2.86. The Labute approximate surface area is 110 Å². The lowest BCUT2D eigenvalue weighted by atomic mass is 10.2. The first-order valence-corrected chi connectivity index (χ1v) is 5.92. The van der Waals surface area contributed by atoms with E-state index in [0.29, 0.717) is 13.2 Å².